The summed E-state index contributed by atoms with van der Waals surface area (Å²) in [5.74, 6) is 0.0812. The van der Waals surface area contributed by atoms with Crippen LogP contribution in [0.2, 0.25) is 0 Å². The summed E-state index contributed by atoms with van der Waals surface area (Å²) in [7, 11) is 0. The Morgan fingerprint density at radius 2 is 1.42 bits per heavy atom. The number of nitrogens with zero attached hydrogens (tertiary/aromatic N) is 4. The first-order chi connectivity index (χ1) is 16.2. The summed E-state index contributed by atoms with van der Waals surface area (Å²) in [4.78, 5) is 11.5. The summed E-state index contributed by atoms with van der Waals surface area (Å²) in [6, 6.07) is 26.2. The molecule has 0 aliphatic rings. The van der Waals surface area contributed by atoms with Crippen molar-refractivity contribution in [1.29, 1.82) is 0 Å². The van der Waals surface area contributed by atoms with Crippen LogP contribution in [0.3, 0.4) is 0 Å². The van der Waals surface area contributed by atoms with Crippen LogP contribution in [0.4, 0.5) is 16.0 Å². The highest BCUT2D eigenvalue weighted by Gasteiger charge is 2.09. The maximum atomic E-state index is 13.4. The zero-order chi connectivity index (χ0) is 23.0. The van der Waals surface area contributed by atoms with E-state index in [9.17, 15) is 4.39 Å². The fourth-order valence-corrected chi connectivity index (χ4v) is 3.55. The summed E-state index contributed by atoms with van der Waals surface area (Å²) < 4.78 is 13.4. The largest absolute Gasteiger partial charge is 0.372 e. The number of halogens is 1. The Morgan fingerprint density at radius 1 is 0.818 bits per heavy atom. The first-order valence-electron chi connectivity index (χ1n) is 11.0. The molecule has 0 bridgehead atoms. The van der Waals surface area contributed by atoms with Crippen LogP contribution in [0.5, 0.6) is 0 Å². The van der Waals surface area contributed by atoms with Crippen LogP contribution in [0.25, 0.3) is 22.5 Å². The van der Waals surface area contributed by atoms with Crippen LogP contribution in [0.15, 0.2) is 90.0 Å². The second kappa shape index (κ2) is 10.5. The molecule has 0 radical (unpaired) electrons. The van der Waals surface area contributed by atoms with Gasteiger partial charge in [-0.1, -0.05) is 42.5 Å². The second-order valence-corrected chi connectivity index (χ2v) is 7.47. The third-order valence-electron chi connectivity index (χ3n) is 5.34. The van der Waals surface area contributed by atoms with Crippen LogP contribution in [-0.4, -0.2) is 29.3 Å². The van der Waals surface area contributed by atoms with Gasteiger partial charge in [-0.05, 0) is 61.9 Å². The maximum Gasteiger partial charge on any atom is 0.244 e. The lowest BCUT2D eigenvalue weighted by Crippen LogP contribution is -2.21. The third-order valence-corrected chi connectivity index (χ3v) is 5.34. The Kier molecular flexibility index (Phi) is 7.05. The molecule has 0 saturated heterocycles. The highest BCUT2D eigenvalue weighted by molar-refractivity contribution is 5.81. The average molecular weight is 440 g/mol. The molecule has 5 nitrogen and oxygen atoms in total. The van der Waals surface area contributed by atoms with Crippen molar-refractivity contribution in [2.75, 3.05) is 23.4 Å². The predicted molar refractivity (Wildman–Crippen MR) is 134 cm³/mol. The number of hydrazone groups is 1. The lowest BCUT2D eigenvalue weighted by atomic mass is 10.1. The maximum absolute atomic E-state index is 13.4. The zero-order valence-corrected chi connectivity index (χ0v) is 18.7. The van der Waals surface area contributed by atoms with Gasteiger partial charge in [-0.2, -0.15) is 5.10 Å². The van der Waals surface area contributed by atoms with Crippen LogP contribution in [0, 0.1) is 5.82 Å². The minimum Gasteiger partial charge on any atom is -0.372 e. The second-order valence-electron chi connectivity index (χ2n) is 7.47. The van der Waals surface area contributed by atoms with Crippen LogP contribution in [-0.2, 0) is 0 Å². The molecule has 1 heterocycles. The van der Waals surface area contributed by atoms with Crippen molar-refractivity contribution in [2.24, 2.45) is 5.10 Å². The topological polar surface area (TPSA) is 53.4 Å². The van der Waals surface area contributed by atoms with E-state index in [0.717, 1.165) is 35.5 Å². The summed E-state index contributed by atoms with van der Waals surface area (Å²) in [6.45, 7) is 6.23. The van der Waals surface area contributed by atoms with Gasteiger partial charge in [0.25, 0.3) is 0 Å². The molecule has 3 aromatic carbocycles. The standard InChI is InChI=1S/C27H26FN5/c1-3-33(4-2)24-16-10-20(11-17-24)19-29-32-27-30-25(21-8-6-5-7-9-21)18-26(31-27)22-12-14-23(28)15-13-22/h5-19H,3-4H2,1-2H3,(H,30,31,32)/b29-19-. The van der Waals surface area contributed by atoms with Crippen molar-refractivity contribution in [3.8, 4) is 22.5 Å². The van der Waals surface area contributed by atoms with E-state index in [2.05, 4.69) is 51.4 Å². The number of hydrogen-bond acceptors (Lipinski definition) is 5. The summed E-state index contributed by atoms with van der Waals surface area (Å²) >= 11 is 0. The first-order valence-corrected chi connectivity index (χ1v) is 11.0. The molecule has 1 N–H and O–H groups in total. The Labute approximate surface area is 193 Å². The van der Waals surface area contributed by atoms with Gasteiger partial charge in [0.05, 0.1) is 17.6 Å². The molecule has 0 unspecified atom stereocenters. The number of anilines is 2. The zero-order valence-electron chi connectivity index (χ0n) is 18.7. The molecule has 4 aromatic rings. The van der Waals surface area contributed by atoms with Crippen LogP contribution < -0.4 is 10.3 Å². The summed E-state index contributed by atoms with van der Waals surface area (Å²) in [5, 5.41) is 4.34. The van der Waals surface area contributed by atoms with Crippen LogP contribution >= 0.6 is 0 Å². The number of nitrogens with one attached hydrogen (secondary N) is 1. The van der Waals surface area contributed by atoms with Gasteiger partial charge >= 0.3 is 0 Å². The molecule has 0 fully saturated rings. The van der Waals surface area contributed by atoms with Crippen molar-refractivity contribution >= 4 is 17.9 Å². The predicted octanol–water partition coefficient (Wildman–Crippen LogP) is 6.24. The highest BCUT2D eigenvalue weighted by Crippen LogP contribution is 2.25. The normalized spacial score (nSPS) is 11.0. The van der Waals surface area contributed by atoms with Gasteiger partial charge in [-0.25, -0.2) is 19.8 Å². The number of aromatic nitrogens is 2. The van der Waals surface area contributed by atoms with E-state index in [1.54, 1.807) is 18.3 Å². The van der Waals surface area contributed by atoms with E-state index in [1.807, 2.05) is 48.5 Å². The molecule has 4 rings (SSSR count). The number of rotatable bonds is 8. The van der Waals surface area contributed by atoms with Gasteiger partial charge in [0.15, 0.2) is 0 Å². The van der Waals surface area contributed by atoms with E-state index in [4.69, 9.17) is 0 Å². The molecule has 1 aromatic heterocycles. The van der Waals surface area contributed by atoms with Gasteiger partial charge in [-0.3, -0.25) is 0 Å². The molecule has 33 heavy (non-hydrogen) atoms. The van der Waals surface area contributed by atoms with Gasteiger partial charge in [0, 0.05) is 29.9 Å². The Morgan fingerprint density at radius 3 is 2.03 bits per heavy atom. The molecule has 0 saturated carbocycles. The first kappa shape index (κ1) is 22.1. The third kappa shape index (κ3) is 5.60. The van der Waals surface area contributed by atoms with Crippen molar-refractivity contribution in [3.05, 3.63) is 96.3 Å². The minimum atomic E-state index is -0.286. The van der Waals surface area contributed by atoms with Crippen molar-refractivity contribution in [2.45, 2.75) is 13.8 Å². The molecule has 0 spiro atoms. The molecular weight excluding hydrogens is 413 g/mol. The minimum absolute atomic E-state index is 0.286. The Bertz CT molecular complexity index is 1200. The average Bonchev–Trinajstić information content (AvgIpc) is 2.86. The van der Waals surface area contributed by atoms with Crippen molar-refractivity contribution in [3.63, 3.8) is 0 Å². The van der Waals surface area contributed by atoms with E-state index in [-0.39, 0.29) is 5.82 Å². The number of hydrogen-bond donors (Lipinski definition) is 1. The van der Waals surface area contributed by atoms with E-state index in [0.29, 0.717) is 11.6 Å². The van der Waals surface area contributed by atoms with E-state index in [1.165, 1.54) is 17.8 Å². The van der Waals surface area contributed by atoms with Crippen molar-refractivity contribution in [1.82, 2.24) is 9.97 Å². The summed E-state index contributed by atoms with van der Waals surface area (Å²) in [5.41, 5.74) is 8.31. The molecule has 0 aliphatic heterocycles. The Hall–Kier alpha value is -4.06. The Balaban J connectivity index is 1.59. The molecule has 0 atom stereocenters. The molecule has 166 valence electrons. The fourth-order valence-electron chi connectivity index (χ4n) is 3.55. The van der Waals surface area contributed by atoms with Gasteiger partial charge in [0.1, 0.15) is 5.82 Å². The van der Waals surface area contributed by atoms with Gasteiger partial charge < -0.3 is 4.90 Å². The number of benzene rings is 3. The van der Waals surface area contributed by atoms with Crippen LogP contribution in [0.1, 0.15) is 19.4 Å². The SMILES string of the molecule is CCN(CC)c1ccc(/C=N\Nc2nc(-c3ccccc3)cc(-c3ccc(F)cc3)n2)cc1. The molecule has 6 heteroatoms. The van der Waals surface area contributed by atoms with Gasteiger partial charge in [0.2, 0.25) is 5.95 Å². The lowest BCUT2D eigenvalue weighted by molar-refractivity contribution is 0.628. The molecular formula is C27H26FN5. The molecule has 0 amide bonds. The van der Waals surface area contributed by atoms with Crippen molar-refractivity contribution < 1.29 is 4.39 Å². The van der Waals surface area contributed by atoms with E-state index < -0.39 is 0 Å². The van der Waals surface area contributed by atoms with E-state index >= 15 is 0 Å². The molecule has 0 aliphatic carbocycles. The monoisotopic (exact) mass is 439 g/mol. The fraction of sp³-hybridized carbons (Fsp3) is 0.148. The summed E-state index contributed by atoms with van der Waals surface area (Å²) in [6.07, 6.45) is 1.74. The lowest BCUT2D eigenvalue weighted by Gasteiger charge is -2.20. The smallest absolute Gasteiger partial charge is 0.244 e. The quantitative estimate of drug-likeness (QED) is 0.261. The van der Waals surface area contributed by atoms with Gasteiger partial charge in [-0.15, -0.1) is 0 Å². The highest BCUT2D eigenvalue weighted by atomic mass is 19.1.